The summed E-state index contributed by atoms with van der Waals surface area (Å²) < 4.78 is 0. The van der Waals surface area contributed by atoms with Crippen LogP contribution < -0.4 is 5.73 Å². The Kier molecular flexibility index (Phi) is 2.93. The Labute approximate surface area is 90.5 Å². The van der Waals surface area contributed by atoms with Crippen LogP contribution in [0.25, 0.3) is 0 Å². The van der Waals surface area contributed by atoms with Gasteiger partial charge in [-0.2, -0.15) is 0 Å². The van der Waals surface area contributed by atoms with Crippen molar-refractivity contribution in [2.24, 2.45) is 5.92 Å². The Morgan fingerprint density at radius 2 is 2.07 bits per heavy atom. The molecule has 3 N–H and O–H groups in total. The SMILES string of the molecule is CN1CCC(C(O)c2ccc(N)cc2)C1. The summed E-state index contributed by atoms with van der Waals surface area (Å²) in [5, 5.41) is 10.2. The number of hydrogen-bond acceptors (Lipinski definition) is 3. The smallest absolute Gasteiger partial charge is 0.0830 e. The molecule has 3 heteroatoms. The molecule has 0 radical (unpaired) electrons. The summed E-state index contributed by atoms with van der Waals surface area (Å²) in [6.45, 7) is 2.06. The highest BCUT2D eigenvalue weighted by Crippen LogP contribution is 2.29. The first-order chi connectivity index (χ1) is 7.16. The van der Waals surface area contributed by atoms with E-state index in [1.165, 1.54) is 0 Å². The number of rotatable bonds is 2. The minimum absolute atomic E-state index is 0.351. The standard InChI is InChI=1S/C12H18N2O/c1-14-7-6-10(8-14)12(15)9-2-4-11(13)5-3-9/h2-5,10,12,15H,6-8,13H2,1H3. The lowest BCUT2D eigenvalue weighted by Crippen LogP contribution is -2.18. The van der Waals surface area contributed by atoms with Crippen molar-refractivity contribution in [3.05, 3.63) is 29.8 Å². The van der Waals surface area contributed by atoms with Crippen molar-refractivity contribution in [2.45, 2.75) is 12.5 Å². The summed E-state index contributed by atoms with van der Waals surface area (Å²) >= 11 is 0. The molecule has 82 valence electrons. The van der Waals surface area contributed by atoms with Crippen molar-refractivity contribution >= 4 is 5.69 Å². The fourth-order valence-electron chi connectivity index (χ4n) is 2.19. The molecule has 2 rings (SSSR count). The van der Waals surface area contributed by atoms with Crippen LogP contribution in [0, 0.1) is 5.92 Å². The van der Waals surface area contributed by atoms with Crippen molar-refractivity contribution in [3.63, 3.8) is 0 Å². The predicted molar refractivity (Wildman–Crippen MR) is 61.4 cm³/mol. The van der Waals surface area contributed by atoms with Crippen LogP contribution in [0.4, 0.5) is 5.69 Å². The van der Waals surface area contributed by atoms with E-state index in [0.29, 0.717) is 5.92 Å². The molecule has 2 atom stereocenters. The molecular formula is C12H18N2O. The van der Waals surface area contributed by atoms with E-state index in [9.17, 15) is 5.11 Å². The second-order valence-electron chi connectivity index (χ2n) is 4.42. The molecule has 0 saturated carbocycles. The first-order valence-electron chi connectivity index (χ1n) is 5.39. The van der Waals surface area contributed by atoms with Crippen molar-refractivity contribution < 1.29 is 5.11 Å². The summed E-state index contributed by atoms with van der Waals surface area (Å²) in [7, 11) is 2.09. The van der Waals surface area contributed by atoms with Crippen molar-refractivity contribution in [1.29, 1.82) is 0 Å². The molecule has 1 saturated heterocycles. The van der Waals surface area contributed by atoms with Gasteiger partial charge in [0, 0.05) is 18.2 Å². The summed E-state index contributed by atoms with van der Waals surface area (Å²) in [6.07, 6.45) is 0.720. The van der Waals surface area contributed by atoms with Gasteiger partial charge in [0.15, 0.2) is 0 Å². The average Bonchev–Trinajstić information content (AvgIpc) is 2.65. The largest absolute Gasteiger partial charge is 0.399 e. The molecule has 0 aromatic heterocycles. The lowest BCUT2D eigenvalue weighted by molar-refractivity contribution is 0.113. The predicted octanol–water partition coefficient (Wildman–Crippen LogP) is 1.25. The summed E-state index contributed by atoms with van der Waals surface area (Å²) in [5.74, 6) is 0.360. The second kappa shape index (κ2) is 4.21. The van der Waals surface area contributed by atoms with Crippen LogP contribution in [-0.2, 0) is 0 Å². The molecule has 1 aliphatic rings. The monoisotopic (exact) mass is 206 g/mol. The van der Waals surface area contributed by atoms with E-state index in [1.54, 1.807) is 0 Å². The average molecular weight is 206 g/mol. The van der Waals surface area contributed by atoms with Gasteiger partial charge in [0.2, 0.25) is 0 Å². The number of likely N-dealkylation sites (tertiary alicyclic amines) is 1. The normalized spacial score (nSPS) is 24.3. The van der Waals surface area contributed by atoms with Crippen molar-refractivity contribution in [2.75, 3.05) is 25.9 Å². The highest BCUT2D eigenvalue weighted by Gasteiger charge is 2.27. The molecule has 0 amide bonds. The fraction of sp³-hybridized carbons (Fsp3) is 0.500. The van der Waals surface area contributed by atoms with Gasteiger partial charge < -0.3 is 15.7 Å². The number of benzene rings is 1. The highest BCUT2D eigenvalue weighted by atomic mass is 16.3. The maximum absolute atomic E-state index is 10.2. The fourth-order valence-corrected chi connectivity index (χ4v) is 2.19. The number of aliphatic hydroxyl groups is 1. The zero-order valence-electron chi connectivity index (χ0n) is 9.06. The van der Waals surface area contributed by atoms with E-state index in [-0.39, 0.29) is 6.10 Å². The van der Waals surface area contributed by atoms with Crippen molar-refractivity contribution in [3.8, 4) is 0 Å². The van der Waals surface area contributed by atoms with Gasteiger partial charge in [-0.25, -0.2) is 0 Å². The van der Waals surface area contributed by atoms with Crippen LogP contribution in [0.15, 0.2) is 24.3 Å². The number of nitrogen functional groups attached to an aromatic ring is 1. The van der Waals surface area contributed by atoms with E-state index in [0.717, 1.165) is 30.8 Å². The third-order valence-electron chi connectivity index (χ3n) is 3.15. The van der Waals surface area contributed by atoms with Crippen LogP contribution in [0.3, 0.4) is 0 Å². The first-order valence-corrected chi connectivity index (χ1v) is 5.39. The molecule has 1 aromatic carbocycles. The molecule has 0 spiro atoms. The van der Waals surface area contributed by atoms with Gasteiger partial charge in [0.1, 0.15) is 0 Å². The highest BCUT2D eigenvalue weighted by molar-refractivity contribution is 5.39. The minimum Gasteiger partial charge on any atom is -0.399 e. The van der Waals surface area contributed by atoms with E-state index in [2.05, 4.69) is 11.9 Å². The first kappa shape index (κ1) is 10.5. The van der Waals surface area contributed by atoms with Crippen molar-refractivity contribution in [1.82, 2.24) is 4.90 Å². The van der Waals surface area contributed by atoms with Gasteiger partial charge in [-0.15, -0.1) is 0 Å². The number of anilines is 1. The molecule has 3 nitrogen and oxygen atoms in total. The van der Waals surface area contributed by atoms with Gasteiger partial charge >= 0.3 is 0 Å². The van der Waals surface area contributed by atoms with Gasteiger partial charge in [0.05, 0.1) is 6.10 Å². The zero-order chi connectivity index (χ0) is 10.8. The number of nitrogens with zero attached hydrogens (tertiary/aromatic N) is 1. The summed E-state index contributed by atoms with van der Waals surface area (Å²) in [5.41, 5.74) is 7.33. The Morgan fingerprint density at radius 3 is 2.60 bits per heavy atom. The second-order valence-corrected chi connectivity index (χ2v) is 4.42. The summed E-state index contributed by atoms with van der Waals surface area (Å²) in [6, 6.07) is 7.52. The third kappa shape index (κ3) is 2.30. The lowest BCUT2D eigenvalue weighted by atomic mass is 9.95. The molecule has 15 heavy (non-hydrogen) atoms. The molecule has 1 aromatic rings. The molecule has 2 unspecified atom stereocenters. The molecule has 1 fully saturated rings. The molecular weight excluding hydrogens is 188 g/mol. The Bertz CT molecular complexity index is 323. The summed E-state index contributed by atoms with van der Waals surface area (Å²) in [4.78, 5) is 2.26. The zero-order valence-corrected chi connectivity index (χ0v) is 9.06. The van der Waals surface area contributed by atoms with Crippen LogP contribution in [0.2, 0.25) is 0 Å². The Balaban J connectivity index is 2.07. The van der Waals surface area contributed by atoms with Crippen LogP contribution in [0.1, 0.15) is 18.1 Å². The van der Waals surface area contributed by atoms with Crippen LogP contribution in [-0.4, -0.2) is 30.1 Å². The molecule has 1 aliphatic heterocycles. The van der Waals surface area contributed by atoms with Crippen LogP contribution in [0.5, 0.6) is 0 Å². The number of aliphatic hydroxyl groups excluding tert-OH is 1. The maximum atomic E-state index is 10.2. The number of hydrogen-bond donors (Lipinski definition) is 2. The molecule has 0 aliphatic carbocycles. The number of nitrogens with two attached hydrogens (primary N) is 1. The van der Waals surface area contributed by atoms with Gasteiger partial charge in [-0.1, -0.05) is 12.1 Å². The Hall–Kier alpha value is -1.06. The molecule has 0 bridgehead atoms. The Morgan fingerprint density at radius 1 is 1.40 bits per heavy atom. The maximum Gasteiger partial charge on any atom is 0.0830 e. The van der Waals surface area contributed by atoms with E-state index in [1.807, 2.05) is 24.3 Å². The minimum atomic E-state index is -0.351. The van der Waals surface area contributed by atoms with E-state index >= 15 is 0 Å². The van der Waals surface area contributed by atoms with Crippen LogP contribution >= 0.6 is 0 Å². The van der Waals surface area contributed by atoms with Gasteiger partial charge in [-0.05, 0) is 37.7 Å². The van der Waals surface area contributed by atoms with E-state index < -0.39 is 0 Å². The molecule has 1 heterocycles. The quantitative estimate of drug-likeness (QED) is 0.716. The third-order valence-corrected chi connectivity index (χ3v) is 3.15. The van der Waals surface area contributed by atoms with Gasteiger partial charge in [0.25, 0.3) is 0 Å². The van der Waals surface area contributed by atoms with Gasteiger partial charge in [-0.3, -0.25) is 0 Å². The topological polar surface area (TPSA) is 49.5 Å². The van der Waals surface area contributed by atoms with E-state index in [4.69, 9.17) is 5.73 Å². The lowest BCUT2D eigenvalue weighted by Gasteiger charge is -2.18.